The van der Waals surface area contributed by atoms with E-state index in [0.717, 1.165) is 41.0 Å². The molecule has 1 saturated carbocycles. The van der Waals surface area contributed by atoms with E-state index in [-0.39, 0.29) is 36.3 Å². The Hall–Kier alpha value is -2.22. The molecule has 0 bridgehead atoms. The lowest BCUT2D eigenvalue weighted by molar-refractivity contribution is -0.126. The van der Waals surface area contributed by atoms with Crippen molar-refractivity contribution in [3.8, 4) is 0 Å². The molecule has 8 heteroatoms. The maximum Gasteiger partial charge on any atom is 0.262 e. The predicted molar refractivity (Wildman–Crippen MR) is 111 cm³/mol. The SMILES string of the molecule is Cc1sc2ncn(CCC(=O)NCCNC(=O)C3CCCCC3)c(=O)c2c1C. The minimum Gasteiger partial charge on any atom is -0.354 e. The minimum absolute atomic E-state index is 0.0978. The fourth-order valence-electron chi connectivity index (χ4n) is 3.64. The first-order chi connectivity index (χ1) is 13.5. The number of hydrogen-bond acceptors (Lipinski definition) is 5. The molecule has 0 saturated heterocycles. The summed E-state index contributed by atoms with van der Waals surface area (Å²) in [6.45, 7) is 5.02. The summed E-state index contributed by atoms with van der Waals surface area (Å²) in [5, 5.41) is 6.35. The first kappa shape index (κ1) is 20.5. The third-order valence-electron chi connectivity index (χ3n) is 5.46. The second-order valence-corrected chi connectivity index (χ2v) is 8.64. The van der Waals surface area contributed by atoms with Gasteiger partial charge in [0.2, 0.25) is 11.8 Å². The highest BCUT2D eigenvalue weighted by Gasteiger charge is 2.20. The number of fused-ring (bicyclic) bond motifs is 1. The van der Waals surface area contributed by atoms with Crippen molar-refractivity contribution in [3.05, 3.63) is 27.1 Å². The molecule has 28 heavy (non-hydrogen) atoms. The molecule has 7 nitrogen and oxygen atoms in total. The van der Waals surface area contributed by atoms with Gasteiger partial charge in [-0.1, -0.05) is 19.3 Å². The number of carbonyl (C=O) groups excluding carboxylic acids is 2. The van der Waals surface area contributed by atoms with Crippen LogP contribution in [0.25, 0.3) is 10.2 Å². The first-order valence-corrected chi connectivity index (χ1v) is 10.8. The van der Waals surface area contributed by atoms with Gasteiger partial charge in [-0.05, 0) is 32.3 Å². The number of nitrogens with one attached hydrogen (secondary N) is 2. The van der Waals surface area contributed by atoms with Crippen molar-refractivity contribution in [2.75, 3.05) is 13.1 Å². The molecule has 2 aromatic heterocycles. The van der Waals surface area contributed by atoms with Crippen molar-refractivity contribution in [1.29, 1.82) is 0 Å². The van der Waals surface area contributed by atoms with Crippen LogP contribution in [0, 0.1) is 19.8 Å². The van der Waals surface area contributed by atoms with Crippen molar-refractivity contribution >= 4 is 33.4 Å². The number of carbonyl (C=O) groups is 2. The summed E-state index contributed by atoms with van der Waals surface area (Å²) < 4.78 is 1.49. The van der Waals surface area contributed by atoms with Gasteiger partial charge in [-0.3, -0.25) is 19.0 Å². The Morgan fingerprint density at radius 1 is 1.18 bits per heavy atom. The molecule has 2 aromatic rings. The van der Waals surface area contributed by atoms with Gasteiger partial charge in [-0.25, -0.2) is 4.98 Å². The number of aromatic nitrogens is 2. The number of aryl methyl sites for hydroxylation is 3. The molecule has 2 N–H and O–H groups in total. The lowest BCUT2D eigenvalue weighted by Crippen LogP contribution is -2.38. The second kappa shape index (κ2) is 9.32. The molecular weight excluding hydrogens is 376 g/mol. The Bertz CT molecular complexity index is 912. The summed E-state index contributed by atoms with van der Waals surface area (Å²) in [6, 6.07) is 0. The van der Waals surface area contributed by atoms with E-state index in [1.165, 1.54) is 28.7 Å². The number of thiophene rings is 1. The van der Waals surface area contributed by atoms with Gasteiger partial charge in [0.1, 0.15) is 4.83 Å². The van der Waals surface area contributed by atoms with Crippen LogP contribution in [-0.4, -0.2) is 34.5 Å². The largest absolute Gasteiger partial charge is 0.354 e. The molecule has 152 valence electrons. The van der Waals surface area contributed by atoms with Crippen molar-refractivity contribution in [2.45, 2.75) is 58.9 Å². The molecular formula is C20H28N4O3S. The average molecular weight is 405 g/mol. The summed E-state index contributed by atoms with van der Waals surface area (Å²) >= 11 is 1.51. The van der Waals surface area contributed by atoms with Crippen LogP contribution in [0.1, 0.15) is 49.0 Å². The van der Waals surface area contributed by atoms with Crippen LogP contribution in [0.5, 0.6) is 0 Å². The Balaban J connectivity index is 1.42. The van der Waals surface area contributed by atoms with Gasteiger partial charge in [0.15, 0.2) is 0 Å². The molecule has 1 aliphatic rings. The molecule has 0 radical (unpaired) electrons. The van der Waals surface area contributed by atoms with E-state index in [9.17, 15) is 14.4 Å². The van der Waals surface area contributed by atoms with Crippen LogP contribution in [0.3, 0.4) is 0 Å². The highest BCUT2D eigenvalue weighted by atomic mass is 32.1. The number of amides is 2. The van der Waals surface area contributed by atoms with Crippen LogP contribution in [-0.2, 0) is 16.1 Å². The highest BCUT2D eigenvalue weighted by molar-refractivity contribution is 7.18. The minimum atomic E-state index is -0.142. The summed E-state index contributed by atoms with van der Waals surface area (Å²) in [6.07, 6.45) is 7.11. The van der Waals surface area contributed by atoms with Gasteiger partial charge in [-0.15, -0.1) is 11.3 Å². The summed E-state index contributed by atoms with van der Waals surface area (Å²) in [5.74, 6) is 0.0846. The van der Waals surface area contributed by atoms with Gasteiger partial charge in [0, 0.05) is 36.9 Å². The Kier molecular flexibility index (Phi) is 6.83. The van der Waals surface area contributed by atoms with Crippen molar-refractivity contribution < 1.29 is 9.59 Å². The van der Waals surface area contributed by atoms with E-state index in [1.807, 2.05) is 13.8 Å². The predicted octanol–water partition coefficient (Wildman–Crippen LogP) is 2.28. The smallest absolute Gasteiger partial charge is 0.262 e. The van der Waals surface area contributed by atoms with Crippen molar-refractivity contribution in [1.82, 2.24) is 20.2 Å². The zero-order valence-electron chi connectivity index (χ0n) is 16.5. The Morgan fingerprint density at radius 2 is 1.89 bits per heavy atom. The van der Waals surface area contributed by atoms with Crippen LogP contribution >= 0.6 is 11.3 Å². The van der Waals surface area contributed by atoms with Crippen LogP contribution in [0.4, 0.5) is 0 Å². The van der Waals surface area contributed by atoms with Gasteiger partial charge in [0.05, 0.1) is 11.7 Å². The molecule has 0 aliphatic heterocycles. The standard InChI is InChI=1S/C20H28N4O3S/c1-13-14(2)28-19-17(13)20(27)24(12-23-19)11-8-16(25)21-9-10-22-18(26)15-6-4-3-5-7-15/h12,15H,3-11H2,1-2H3,(H,21,25)(H,22,26). The molecule has 2 heterocycles. The summed E-state index contributed by atoms with van der Waals surface area (Å²) in [4.78, 5) is 42.9. The molecule has 3 rings (SSSR count). The van der Waals surface area contributed by atoms with Crippen LogP contribution in [0.2, 0.25) is 0 Å². The fraction of sp³-hybridized carbons (Fsp3) is 0.600. The van der Waals surface area contributed by atoms with Gasteiger partial charge in [-0.2, -0.15) is 0 Å². The van der Waals surface area contributed by atoms with Gasteiger partial charge < -0.3 is 10.6 Å². The van der Waals surface area contributed by atoms with Crippen molar-refractivity contribution in [3.63, 3.8) is 0 Å². The number of hydrogen-bond donors (Lipinski definition) is 2. The second-order valence-electron chi connectivity index (χ2n) is 7.43. The van der Waals surface area contributed by atoms with E-state index in [1.54, 1.807) is 0 Å². The normalized spacial score (nSPS) is 14.9. The Morgan fingerprint density at radius 3 is 2.64 bits per heavy atom. The van der Waals surface area contributed by atoms with E-state index >= 15 is 0 Å². The summed E-state index contributed by atoms with van der Waals surface area (Å²) in [7, 11) is 0. The van der Waals surface area contributed by atoms with Crippen LogP contribution < -0.4 is 16.2 Å². The van der Waals surface area contributed by atoms with E-state index < -0.39 is 0 Å². The molecule has 1 aliphatic carbocycles. The number of rotatable bonds is 7. The van der Waals surface area contributed by atoms with E-state index in [2.05, 4.69) is 15.6 Å². The maximum atomic E-state index is 12.6. The van der Waals surface area contributed by atoms with E-state index in [4.69, 9.17) is 0 Å². The summed E-state index contributed by atoms with van der Waals surface area (Å²) in [5.41, 5.74) is 0.865. The van der Waals surface area contributed by atoms with Crippen molar-refractivity contribution in [2.24, 2.45) is 5.92 Å². The quantitative estimate of drug-likeness (QED) is 0.693. The van der Waals surface area contributed by atoms with E-state index in [0.29, 0.717) is 18.5 Å². The Labute approximate surface area is 168 Å². The lowest BCUT2D eigenvalue weighted by Gasteiger charge is -2.20. The van der Waals surface area contributed by atoms with Gasteiger partial charge in [0.25, 0.3) is 5.56 Å². The van der Waals surface area contributed by atoms with Crippen LogP contribution in [0.15, 0.2) is 11.1 Å². The molecule has 1 fully saturated rings. The first-order valence-electron chi connectivity index (χ1n) is 9.97. The third kappa shape index (κ3) is 4.79. The average Bonchev–Trinajstić information content (AvgIpc) is 2.99. The van der Waals surface area contributed by atoms with Gasteiger partial charge >= 0.3 is 0 Å². The topological polar surface area (TPSA) is 93.1 Å². The molecule has 0 atom stereocenters. The zero-order valence-corrected chi connectivity index (χ0v) is 17.4. The molecule has 0 spiro atoms. The lowest BCUT2D eigenvalue weighted by atomic mass is 9.89. The zero-order chi connectivity index (χ0) is 20.1. The molecule has 2 amide bonds. The monoisotopic (exact) mass is 404 g/mol. The molecule has 0 unspecified atom stereocenters. The number of nitrogens with zero attached hydrogens (tertiary/aromatic N) is 2. The fourth-order valence-corrected chi connectivity index (χ4v) is 4.62. The highest BCUT2D eigenvalue weighted by Crippen LogP contribution is 2.25. The maximum absolute atomic E-state index is 12.6. The third-order valence-corrected chi connectivity index (χ3v) is 6.57. The molecule has 0 aromatic carbocycles.